The second-order valence-electron chi connectivity index (χ2n) is 5.24. The zero-order valence-corrected chi connectivity index (χ0v) is 14.3. The van der Waals surface area contributed by atoms with Gasteiger partial charge < -0.3 is 4.42 Å². The second kappa shape index (κ2) is 6.34. The Morgan fingerprint density at radius 3 is 2.24 bits per heavy atom. The molecule has 1 aliphatic rings. The Bertz CT molecular complexity index is 936. The van der Waals surface area contributed by atoms with Crippen LogP contribution >= 0.6 is 23.4 Å². The van der Waals surface area contributed by atoms with E-state index in [9.17, 15) is 9.59 Å². The molecule has 2 amide bonds. The van der Waals surface area contributed by atoms with Gasteiger partial charge in [0.05, 0.1) is 17.0 Å². The predicted octanol–water partition coefficient (Wildman–Crippen LogP) is 3.74. The fraction of sp³-hybridized carbons (Fsp3) is 0.0588. The fourth-order valence-corrected chi connectivity index (χ4v) is 3.29. The summed E-state index contributed by atoms with van der Waals surface area (Å²) in [5.74, 6) is -0.174. The van der Waals surface area contributed by atoms with Crippen molar-refractivity contribution in [2.24, 2.45) is 0 Å². The number of benzene rings is 2. The van der Waals surface area contributed by atoms with Crippen LogP contribution in [0.2, 0.25) is 5.02 Å². The summed E-state index contributed by atoms with van der Waals surface area (Å²) in [5.41, 5.74) is 1.57. The molecule has 0 aliphatic carbocycles. The van der Waals surface area contributed by atoms with Crippen molar-refractivity contribution in [3.8, 4) is 11.5 Å². The largest absolute Gasteiger partial charge is 0.411 e. The van der Waals surface area contributed by atoms with E-state index in [0.29, 0.717) is 22.0 Å². The molecule has 0 saturated heterocycles. The van der Waals surface area contributed by atoms with Crippen LogP contribution in [0.4, 0.5) is 0 Å². The number of carbonyl (C=O) groups excluding carboxylic acids is 2. The second-order valence-corrected chi connectivity index (χ2v) is 6.57. The first-order chi connectivity index (χ1) is 12.1. The van der Waals surface area contributed by atoms with Gasteiger partial charge in [-0.25, -0.2) is 0 Å². The van der Waals surface area contributed by atoms with E-state index in [4.69, 9.17) is 16.0 Å². The number of aromatic nitrogens is 2. The van der Waals surface area contributed by atoms with E-state index in [2.05, 4.69) is 10.2 Å². The molecule has 0 atom stereocenters. The van der Waals surface area contributed by atoms with Crippen LogP contribution in [0, 0.1) is 0 Å². The van der Waals surface area contributed by atoms with E-state index in [-0.39, 0.29) is 22.9 Å². The van der Waals surface area contributed by atoms with Crippen molar-refractivity contribution in [1.29, 1.82) is 0 Å². The Labute approximate surface area is 151 Å². The van der Waals surface area contributed by atoms with Gasteiger partial charge in [-0.05, 0) is 48.2 Å². The number of rotatable bonds is 4. The Hall–Kier alpha value is -2.64. The van der Waals surface area contributed by atoms with Gasteiger partial charge >= 0.3 is 0 Å². The van der Waals surface area contributed by atoms with E-state index in [1.54, 1.807) is 48.5 Å². The molecular weight excluding hydrogens is 362 g/mol. The highest BCUT2D eigenvalue weighted by atomic mass is 35.5. The molecule has 6 nitrogen and oxygen atoms in total. The number of hydrogen-bond donors (Lipinski definition) is 0. The molecule has 4 rings (SSSR count). The van der Waals surface area contributed by atoms with Crippen LogP contribution in [-0.2, 0) is 0 Å². The van der Waals surface area contributed by atoms with Gasteiger partial charge in [-0.15, -0.1) is 10.2 Å². The lowest BCUT2D eigenvalue weighted by molar-refractivity contribution is 0.0684. The Kier molecular flexibility index (Phi) is 4.03. The molecule has 3 aromatic rings. The summed E-state index contributed by atoms with van der Waals surface area (Å²) in [6.07, 6.45) is 0. The topological polar surface area (TPSA) is 76.3 Å². The maximum Gasteiger partial charge on any atom is 0.278 e. The Morgan fingerprint density at radius 1 is 0.960 bits per heavy atom. The Balaban J connectivity index is 1.47. The van der Waals surface area contributed by atoms with Crippen molar-refractivity contribution < 1.29 is 14.0 Å². The number of imide groups is 1. The lowest BCUT2D eigenvalue weighted by Gasteiger charge is -2.11. The maximum absolute atomic E-state index is 12.3. The van der Waals surface area contributed by atoms with E-state index < -0.39 is 0 Å². The normalized spacial score (nSPS) is 13.4. The van der Waals surface area contributed by atoms with Gasteiger partial charge in [0, 0.05) is 10.6 Å². The maximum atomic E-state index is 12.3. The van der Waals surface area contributed by atoms with E-state index >= 15 is 0 Å². The number of hydrogen-bond acceptors (Lipinski definition) is 6. The number of thioether (sulfide) groups is 1. The van der Waals surface area contributed by atoms with Crippen LogP contribution < -0.4 is 0 Å². The van der Waals surface area contributed by atoms with Crippen molar-refractivity contribution in [2.75, 3.05) is 5.88 Å². The first-order valence-corrected chi connectivity index (χ1v) is 8.67. The van der Waals surface area contributed by atoms with Gasteiger partial charge in [0.15, 0.2) is 0 Å². The highest BCUT2D eigenvalue weighted by Gasteiger charge is 2.35. The van der Waals surface area contributed by atoms with Gasteiger partial charge in [-0.3, -0.25) is 14.5 Å². The summed E-state index contributed by atoms with van der Waals surface area (Å²) in [5, 5.41) is 8.80. The molecule has 1 aliphatic heterocycles. The number of carbonyl (C=O) groups is 2. The molecule has 124 valence electrons. The molecule has 0 radical (unpaired) electrons. The van der Waals surface area contributed by atoms with Crippen LogP contribution in [0.1, 0.15) is 20.7 Å². The molecule has 2 aromatic carbocycles. The summed E-state index contributed by atoms with van der Waals surface area (Å²) >= 11 is 6.98. The summed E-state index contributed by atoms with van der Waals surface area (Å²) in [4.78, 5) is 25.8. The van der Waals surface area contributed by atoms with Gasteiger partial charge in [0.2, 0.25) is 5.89 Å². The fourth-order valence-electron chi connectivity index (χ4n) is 2.45. The molecule has 25 heavy (non-hydrogen) atoms. The SMILES string of the molecule is O=C1c2ccccc2C(=O)N1CSc1nnc(-c2ccc(Cl)cc2)o1. The van der Waals surface area contributed by atoms with Crippen LogP contribution in [0.3, 0.4) is 0 Å². The minimum Gasteiger partial charge on any atom is -0.411 e. The summed E-state index contributed by atoms with van der Waals surface area (Å²) in [6, 6.07) is 13.8. The van der Waals surface area contributed by atoms with Crippen LogP contribution in [-0.4, -0.2) is 32.8 Å². The van der Waals surface area contributed by atoms with E-state index in [1.807, 2.05) is 0 Å². The molecule has 0 unspecified atom stereocenters. The molecule has 0 fully saturated rings. The zero-order chi connectivity index (χ0) is 17.4. The molecule has 8 heteroatoms. The summed E-state index contributed by atoms with van der Waals surface area (Å²) < 4.78 is 5.57. The molecule has 0 saturated carbocycles. The minimum atomic E-state index is -0.314. The average Bonchev–Trinajstić information content (AvgIpc) is 3.19. The van der Waals surface area contributed by atoms with E-state index in [1.165, 1.54) is 4.90 Å². The molecular formula is C17H10ClN3O3S. The highest BCUT2D eigenvalue weighted by molar-refractivity contribution is 7.99. The monoisotopic (exact) mass is 371 g/mol. The number of amides is 2. The lowest BCUT2D eigenvalue weighted by Crippen LogP contribution is -2.29. The lowest BCUT2D eigenvalue weighted by atomic mass is 10.1. The minimum absolute atomic E-state index is 0.106. The van der Waals surface area contributed by atoms with Crippen molar-refractivity contribution in [3.63, 3.8) is 0 Å². The number of fused-ring (bicyclic) bond motifs is 1. The molecule has 0 spiro atoms. The van der Waals surface area contributed by atoms with Crippen molar-refractivity contribution in [2.45, 2.75) is 5.22 Å². The molecule has 1 aromatic heterocycles. The van der Waals surface area contributed by atoms with Gasteiger partial charge in [0.25, 0.3) is 17.0 Å². The van der Waals surface area contributed by atoms with Crippen molar-refractivity contribution >= 4 is 35.2 Å². The van der Waals surface area contributed by atoms with Crippen LogP contribution in [0.15, 0.2) is 58.2 Å². The highest BCUT2D eigenvalue weighted by Crippen LogP contribution is 2.28. The predicted molar refractivity (Wildman–Crippen MR) is 92.4 cm³/mol. The average molecular weight is 372 g/mol. The molecule has 0 N–H and O–H groups in total. The van der Waals surface area contributed by atoms with Gasteiger partial charge in [-0.1, -0.05) is 23.7 Å². The van der Waals surface area contributed by atoms with Gasteiger partial charge in [-0.2, -0.15) is 0 Å². The third-order valence-electron chi connectivity index (χ3n) is 3.69. The quantitative estimate of drug-likeness (QED) is 0.513. The van der Waals surface area contributed by atoms with Crippen LogP contribution in [0.5, 0.6) is 0 Å². The van der Waals surface area contributed by atoms with Gasteiger partial charge in [0.1, 0.15) is 0 Å². The standard InChI is InChI=1S/C17H10ClN3O3S/c18-11-7-5-10(6-8-11)14-19-20-17(24-14)25-9-21-15(22)12-3-1-2-4-13(12)16(21)23/h1-8H,9H2. The molecule has 2 heterocycles. The number of halogens is 1. The smallest absolute Gasteiger partial charge is 0.278 e. The first-order valence-electron chi connectivity index (χ1n) is 7.31. The third kappa shape index (κ3) is 2.92. The third-order valence-corrected chi connectivity index (χ3v) is 4.74. The Morgan fingerprint density at radius 2 is 1.60 bits per heavy atom. The van der Waals surface area contributed by atoms with E-state index in [0.717, 1.165) is 17.3 Å². The first kappa shape index (κ1) is 15.9. The van der Waals surface area contributed by atoms with Crippen molar-refractivity contribution in [1.82, 2.24) is 15.1 Å². The number of nitrogens with zero attached hydrogens (tertiary/aromatic N) is 3. The molecule has 0 bridgehead atoms. The zero-order valence-electron chi connectivity index (χ0n) is 12.7. The summed E-state index contributed by atoms with van der Waals surface area (Å²) in [7, 11) is 0. The van der Waals surface area contributed by atoms with Crippen molar-refractivity contribution in [3.05, 3.63) is 64.7 Å². The van der Waals surface area contributed by atoms with Crippen LogP contribution in [0.25, 0.3) is 11.5 Å². The summed E-state index contributed by atoms with van der Waals surface area (Å²) in [6.45, 7) is 0.